The Bertz CT molecular complexity index is 1080. The van der Waals surface area contributed by atoms with Crippen LogP contribution < -0.4 is 16.1 Å². The molecule has 5 heteroatoms. The molecule has 146 valence electrons. The number of fused-ring (bicyclic) bond motifs is 3. The molecule has 1 amide bonds. The zero-order valence-electron chi connectivity index (χ0n) is 17.9. The standard InChI is InChI=1S/C23H29NO2Si2/c1-13-11-16-9-8-10-17(18(16)12-13)19-14(2)21-15(3)22(20(19)23(24)25)28(6,7)26-27(21,4)5/h8-10,12H,11H2,1-7H3,(H2,24,25). The molecule has 28 heavy (non-hydrogen) atoms. The van der Waals surface area contributed by atoms with Crippen LogP contribution in [0.5, 0.6) is 0 Å². The number of carbonyl (C=O) groups excluding carboxylic acids is 1. The number of benzene rings is 2. The second-order valence-corrected chi connectivity index (χ2v) is 17.1. The molecule has 2 aliphatic rings. The fourth-order valence-electron chi connectivity index (χ4n) is 5.76. The number of hydrogen-bond acceptors (Lipinski definition) is 2. The summed E-state index contributed by atoms with van der Waals surface area (Å²) in [6, 6.07) is 6.45. The largest absolute Gasteiger partial charge is 0.449 e. The van der Waals surface area contributed by atoms with E-state index in [4.69, 9.17) is 9.85 Å². The molecule has 1 heterocycles. The van der Waals surface area contributed by atoms with Gasteiger partial charge in [-0.15, -0.1) is 0 Å². The third-order valence-corrected chi connectivity index (χ3v) is 14.2. The summed E-state index contributed by atoms with van der Waals surface area (Å²) in [6.45, 7) is 15.5. The van der Waals surface area contributed by atoms with Crippen molar-refractivity contribution in [3.8, 4) is 11.1 Å². The smallest absolute Gasteiger partial charge is 0.249 e. The molecule has 0 atom stereocenters. The number of rotatable bonds is 2. The van der Waals surface area contributed by atoms with Gasteiger partial charge in [0, 0.05) is 5.56 Å². The predicted octanol–water partition coefficient (Wildman–Crippen LogP) is 3.88. The first kappa shape index (κ1) is 19.4. The average Bonchev–Trinajstić information content (AvgIpc) is 2.91. The minimum absolute atomic E-state index is 0.343. The summed E-state index contributed by atoms with van der Waals surface area (Å²) in [6.07, 6.45) is 3.24. The molecule has 0 aromatic heterocycles. The lowest BCUT2D eigenvalue weighted by Crippen LogP contribution is -2.67. The van der Waals surface area contributed by atoms with Crippen molar-refractivity contribution in [2.75, 3.05) is 0 Å². The number of hydrogen-bond donors (Lipinski definition) is 1. The molecule has 4 rings (SSSR count). The molecule has 2 N–H and O–H groups in total. The first-order chi connectivity index (χ1) is 13.0. The van der Waals surface area contributed by atoms with E-state index in [9.17, 15) is 4.79 Å². The van der Waals surface area contributed by atoms with Gasteiger partial charge in [-0.05, 0) is 97.1 Å². The molecule has 0 radical (unpaired) electrons. The van der Waals surface area contributed by atoms with Crippen LogP contribution in [0.2, 0.25) is 26.2 Å². The Hall–Kier alpha value is -1.96. The summed E-state index contributed by atoms with van der Waals surface area (Å²) < 4.78 is 6.75. The summed E-state index contributed by atoms with van der Waals surface area (Å²) in [5.41, 5.74) is 15.2. The summed E-state index contributed by atoms with van der Waals surface area (Å²) in [5, 5.41) is 2.43. The van der Waals surface area contributed by atoms with Crippen molar-refractivity contribution in [1.82, 2.24) is 0 Å². The number of amides is 1. The van der Waals surface area contributed by atoms with Crippen LogP contribution in [-0.4, -0.2) is 22.5 Å². The van der Waals surface area contributed by atoms with Gasteiger partial charge in [0.2, 0.25) is 22.5 Å². The predicted molar refractivity (Wildman–Crippen MR) is 123 cm³/mol. The molecule has 2 aromatic carbocycles. The number of carbonyl (C=O) groups is 1. The summed E-state index contributed by atoms with van der Waals surface area (Å²) >= 11 is 0. The fraction of sp³-hybridized carbons (Fsp3) is 0.348. The lowest BCUT2D eigenvalue weighted by molar-refractivity contribution is 0.100. The number of allylic oxidation sites excluding steroid dienone is 1. The highest BCUT2D eigenvalue weighted by Crippen LogP contribution is 2.39. The highest BCUT2D eigenvalue weighted by molar-refractivity contribution is 7.00. The van der Waals surface area contributed by atoms with Crippen LogP contribution >= 0.6 is 0 Å². The molecule has 2 aromatic rings. The van der Waals surface area contributed by atoms with E-state index in [1.54, 1.807) is 0 Å². The van der Waals surface area contributed by atoms with Crippen molar-refractivity contribution in [2.45, 2.75) is 53.4 Å². The van der Waals surface area contributed by atoms with Crippen molar-refractivity contribution >= 4 is 39.0 Å². The maximum atomic E-state index is 12.8. The molecule has 0 unspecified atom stereocenters. The summed E-state index contributed by atoms with van der Waals surface area (Å²) in [7, 11) is -4.31. The molecule has 0 fully saturated rings. The van der Waals surface area contributed by atoms with Gasteiger partial charge in [-0.25, -0.2) is 0 Å². The van der Waals surface area contributed by atoms with E-state index in [-0.39, 0.29) is 5.91 Å². The Morgan fingerprint density at radius 2 is 1.64 bits per heavy atom. The van der Waals surface area contributed by atoms with Crippen LogP contribution in [0.15, 0.2) is 23.8 Å². The van der Waals surface area contributed by atoms with Crippen molar-refractivity contribution in [3.63, 3.8) is 0 Å². The average molecular weight is 408 g/mol. The Morgan fingerprint density at radius 1 is 1.00 bits per heavy atom. The zero-order chi connectivity index (χ0) is 20.6. The molecule has 0 saturated carbocycles. The third kappa shape index (κ3) is 2.60. The first-order valence-electron chi connectivity index (χ1n) is 9.93. The molecule has 3 nitrogen and oxygen atoms in total. The Labute approximate surface area is 169 Å². The van der Waals surface area contributed by atoms with Crippen molar-refractivity contribution in [1.29, 1.82) is 0 Å². The SMILES string of the molecule is CC1=Cc2c(cccc2-c2c(C)c3c(C)c(c2C(N)=O)[Si](C)(C)O[Si]3(C)C)C1. The van der Waals surface area contributed by atoms with E-state index in [2.05, 4.69) is 71.2 Å². The van der Waals surface area contributed by atoms with Gasteiger partial charge in [-0.3, -0.25) is 4.79 Å². The quantitative estimate of drug-likeness (QED) is 0.768. The van der Waals surface area contributed by atoms with Crippen molar-refractivity contribution in [2.24, 2.45) is 5.73 Å². The second-order valence-electron chi connectivity index (χ2n) is 9.28. The lowest BCUT2D eigenvalue weighted by Gasteiger charge is -2.44. The summed E-state index contributed by atoms with van der Waals surface area (Å²) in [4.78, 5) is 12.8. The fourth-order valence-corrected chi connectivity index (χ4v) is 15.7. The monoisotopic (exact) mass is 407 g/mol. The maximum absolute atomic E-state index is 12.8. The number of nitrogens with two attached hydrogens (primary N) is 1. The second kappa shape index (κ2) is 6.02. The van der Waals surface area contributed by atoms with Crippen LogP contribution in [0.1, 0.15) is 39.5 Å². The normalized spacial score (nSPS) is 18.6. The highest BCUT2D eigenvalue weighted by Gasteiger charge is 2.47. The zero-order valence-corrected chi connectivity index (χ0v) is 19.9. The Kier molecular flexibility index (Phi) is 4.16. The third-order valence-electron chi connectivity index (χ3n) is 6.29. The van der Waals surface area contributed by atoms with E-state index in [0.717, 1.165) is 22.7 Å². The van der Waals surface area contributed by atoms with Crippen LogP contribution in [0, 0.1) is 13.8 Å². The van der Waals surface area contributed by atoms with Crippen LogP contribution in [0.25, 0.3) is 17.2 Å². The summed E-state index contributed by atoms with van der Waals surface area (Å²) in [5.74, 6) is -0.343. The topological polar surface area (TPSA) is 52.3 Å². The molecule has 0 spiro atoms. The van der Waals surface area contributed by atoms with Crippen molar-refractivity contribution in [3.05, 3.63) is 51.6 Å². The van der Waals surface area contributed by atoms with Crippen LogP contribution in [-0.2, 0) is 10.5 Å². The van der Waals surface area contributed by atoms with Gasteiger partial charge in [0.1, 0.15) is 0 Å². The van der Waals surface area contributed by atoms with Gasteiger partial charge in [0.25, 0.3) is 0 Å². The van der Waals surface area contributed by atoms with Gasteiger partial charge >= 0.3 is 0 Å². The van der Waals surface area contributed by atoms with E-state index in [1.165, 1.54) is 33.0 Å². The highest BCUT2D eigenvalue weighted by atomic mass is 28.4. The molecule has 1 aliphatic carbocycles. The minimum atomic E-state index is -2.25. The van der Waals surface area contributed by atoms with Crippen LogP contribution in [0.4, 0.5) is 0 Å². The van der Waals surface area contributed by atoms with Gasteiger partial charge < -0.3 is 9.85 Å². The van der Waals surface area contributed by atoms with Gasteiger partial charge in [0.15, 0.2) is 0 Å². The molecule has 0 saturated heterocycles. The molecular formula is C23H29NO2Si2. The minimum Gasteiger partial charge on any atom is -0.449 e. The molecule has 2 bridgehead atoms. The Balaban J connectivity index is 2.20. The lowest BCUT2D eigenvalue weighted by atomic mass is 9.88. The first-order valence-corrected chi connectivity index (χ1v) is 15.7. The van der Waals surface area contributed by atoms with E-state index in [1.807, 2.05) is 0 Å². The maximum Gasteiger partial charge on any atom is 0.249 e. The Morgan fingerprint density at radius 3 is 2.29 bits per heavy atom. The van der Waals surface area contributed by atoms with Crippen molar-refractivity contribution < 1.29 is 8.91 Å². The van der Waals surface area contributed by atoms with Gasteiger partial charge in [0.05, 0.1) is 0 Å². The van der Waals surface area contributed by atoms with Gasteiger partial charge in [-0.1, -0.05) is 29.8 Å². The molecule has 1 aliphatic heterocycles. The van der Waals surface area contributed by atoms with E-state index >= 15 is 0 Å². The van der Waals surface area contributed by atoms with Gasteiger partial charge in [-0.2, -0.15) is 0 Å². The van der Waals surface area contributed by atoms with Crippen LogP contribution in [0.3, 0.4) is 0 Å². The van der Waals surface area contributed by atoms with E-state index in [0.29, 0.717) is 5.56 Å². The van der Waals surface area contributed by atoms with E-state index < -0.39 is 16.6 Å². The number of primary amides is 1. The molecular weight excluding hydrogens is 378 g/mol.